The van der Waals surface area contributed by atoms with Gasteiger partial charge in [-0.15, -0.1) is 11.3 Å². The maximum Gasteiger partial charge on any atom is 0.352 e. The molecule has 2 aliphatic rings. The minimum Gasteiger partial charge on any atom is -0.477 e. The van der Waals surface area contributed by atoms with Crippen LogP contribution in [0.15, 0.2) is 23.2 Å². The highest BCUT2D eigenvalue weighted by Crippen LogP contribution is 2.51. The van der Waals surface area contributed by atoms with E-state index in [1.807, 2.05) is 0 Å². The highest BCUT2D eigenvalue weighted by atomic mass is 32.2. The van der Waals surface area contributed by atoms with Crippen LogP contribution in [0.4, 0.5) is 0 Å². The van der Waals surface area contributed by atoms with E-state index in [0.29, 0.717) is 15.3 Å². The monoisotopic (exact) mass is 470 g/mol. The number of likely N-dealkylation sites (N-methyl/N-ethyl adjacent to an activating group) is 1. The molecule has 2 aromatic heterocycles. The van der Waals surface area contributed by atoms with Gasteiger partial charge in [-0.05, 0) is 6.92 Å². The van der Waals surface area contributed by atoms with E-state index in [-0.39, 0.29) is 29.8 Å². The summed E-state index contributed by atoms with van der Waals surface area (Å²) >= 11 is 1.07. The Hall–Kier alpha value is -2.32. The van der Waals surface area contributed by atoms with Gasteiger partial charge in [0.25, 0.3) is 10.0 Å². The zero-order valence-electron chi connectivity index (χ0n) is 17.0. The van der Waals surface area contributed by atoms with E-state index in [1.54, 1.807) is 13.1 Å². The SMILES string of the molecule is C[C@@H](O)[C@H]1C(=O)N2C(C(=O)O)=C(c3cn4cnc(S(=O)(=O)N(C)CCO)c4s3)[C@H](C)[C@H]12. The number of aliphatic hydroxyl groups excluding tert-OH is 2. The maximum absolute atomic E-state index is 12.8. The van der Waals surface area contributed by atoms with Crippen molar-refractivity contribution < 1.29 is 33.3 Å². The van der Waals surface area contributed by atoms with Gasteiger partial charge in [0.15, 0.2) is 0 Å². The second kappa shape index (κ2) is 7.38. The lowest BCUT2D eigenvalue weighted by molar-refractivity contribution is -0.163. The number of aromatic nitrogens is 2. The van der Waals surface area contributed by atoms with Gasteiger partial charge in [-0.2, -0.15) is 4.31 Å². The second-order valence-electron chi connectivity index (χ2n) is 7.73. The summed E-state index contributed by atoms with van der Waals surface area (Å²) in [4.78, 5) is 30.6. The van der Waals surface area contributed by atoms with E-state index in [1.165, 1.54) is 29.6 Å². The standard InChI is InChI=1S/C18H22N4O7S2/c1-8-11(14(18(26)27)22-13(8)12(9(2)24)16(22)25)10-6-21-7-19-15(17(21)30-10)31(28,29)20(3)4-5-23/h6-9,12-13,23-24H,4-5H2,1-3H3,(H,26,27)/t8-,9+,12+,13+/m0/s1. The lowest BCUT2D eigenvalue weighted by atomic mass is 9.77. The molecule has 4 atom stereocenters. The molecule has 0 unspecified atom stereocenters. The molecule has 0 bridgehead atoms. The second-order valence-corrected chi connectivity index (χ2v) is 10.7. The first-order valence-corrected chi connectivity index (χ1v) is 11.8. The summed E-state index contributed by atoms with van der Waals surface area (Å²) in [6.07, 6.45) is 2.02. The largest absolute Gasteiger partial charge is 0.477 e. The number of hydrogen-bond acceptors (Lipinski definition) is 8. The van der Waals surface area contributed by atoms with Crippen LogP contribution < -0.4 is 0 Å². The van der Waals surface area contributed by atoms with Crippen LogP contribution in [0.1, 0.15) is 18.7 Å². The van der Waals surface area contributed by atoms with Crippen molar-refractivity contribution in [2.24, 2.45) is 11.8 Å². The summed E-state index contributed by atoms with van der Waals surface area (Å²) in [6, 6.07) is -0.466. The Morgan fingerprint density at radius 3 is 2.68 bits per heavy atom. The fraction of sp³-hybridized carbons (Fsp3) is 0.500. The van der Waals surface area contributed by atoms with Gasteiger partial charge in [-0.25, -0.2) is 18.2 Å². The molecular weight excluding hydrogens is 448 g/mol. The molecule has 168 valence electrons. The number of hydrogen-bond donors (Lipinski definition) is 3. The Labute approximate surface area is 181 Å². The predicted octanol–water partition coefficient (Wildman–Crippen LogP) is -0.338. The van der Waals surface area contributed by atoms with Crippen LogP contribution in [0.3, 0.4) is 0 Å². The summed E-state index contributed by atoms with van der Waals surface area (Å²) in [6.45, 7) is 2.87. The Bertz CT molecular complexity index is 1210. The van der Waals surface area contributed by atoms with Gasteiger partial charge in [0.05, 0.1) is 29.5 Å². The number of carbonyl (C=O) groups excluding carboxylic acids is 1. The summed E-state index contributed by atoms with van der Waals surface area (Å²) < 4.78 is 28.1. The Kier molecular flexibility index (Phi) is 5.21. The van der Waals surface area contributed by atoms with Crippen molar-refractivity contribution in [3.8, 4) is 0 Å². The minimum atomic E-state index is -3.95. The van der Waals surface area contributed by atoms with Crippen molar-refractivity contribution in [3.05, 3.63) is 23.1 Å². The van der Waals surface area contributed by atoms with Gasteiger partial charge < -0.3 is 20.2 Å². The minimum absolute atomic E-state index is 0.0928. The number of carboxylic acid groups (broad SMARTS) is 1. The van der Waals surface area contributed by atoms with Crippen LogP contribution in [0, 0.1) is 11.8 Å². The lowest BCUT2D eigenvalue weighted by Gasteiger charge is -2.46. The molecule has 2 aliphatic heterocycles. The fourth-order valence-corrected chi connectivity index (χ4v) is 7.06. The molecule has 1 fully saturated rings. The molecule has 1 amide bonds. The van der Waals surface area contributed by atoms with E-state index in [4.69, 9.17) is 5.11 Å². The maximum atomic E-state index is 12.8. The van der Waals surface area contributed by atoms with E-state index < -0.39 is 40.0 Å². The molecule has 4 rings (SSSR count). The molecule has 0 aliphatic carbocycles. The lowest BCUT2D eigenvalue weighted by Crippen LogP contribution is -2.63. The van der Waals surface area contributed by atoms with Crippen molar-refractivity contribution in [3.63, 3.8) is 0 Å². The van der Waals surface area contributed by atoms with Crippen molar-refractivity contribution in [2.45, 2.75) is 31.0 Å². The van der Waals surface area contributed by atoms with Crippen LogP contribution >= 0.6 is 11.3 Å². The van der Waals surface area contributed by atoms with E-state index in [9.17, 15) is 28.2 Å². The third-order valence-electron chi connectivity index (χ3n) is 5.89. The number of β-lactam (4-membered cyclic amide) rings is 1. The van der Waals surface area contributed by atoms with Gasteiger partial charge in [-0.1, -0.05) is 6.92 Å². The first kappa shape index (κ1) is 21.9. The first-order chi connectivity index (χ1) is 14.5. The summed E-state index contributed by atoms with van der Waals surface area (Å²) in [5, 5.41) is 28.7. The highest BCUT2D eigenvalue weighted by molar-refractivity contribution is 7.89. The van der Waals surface area contributed by atoms with Gasteiger partial charge in [0.2, 0.25) is 10.9 Å². The predicted molar refractivity (Wildman–Crippen MR) is 109 cm³/mol. The highest BCUT2D eigenvalue weighted by Gasteiger charge is 2.60. The Morgan fingerprint density at radius 1 is 1.42 bits per heavy atom. The molecule has 31 heavy (non-hydrogen) atoms. The van der Waals surface area contributed by atoms with Crippen molar-refractivity contribution in [1.82, 2.24) is 18.6 Å². The van der Waals surface area contributed by atoms with Crippen LogP contribution in [-0.2, 0) is 19.6 Å². The number of rotatable bonds is 7. The normalized spacial score (nSPS) is 24.8. The number of thiazole rings is 1. The smallest absolute Gasteiger partial charge is 0.352 e. The van der Waals surface area contributed by atoms with Gasteiger partial charge in [0.1, 0.15) is 16.9 Å². The number of aliphatic hydroxyl groups is 2. The number of carbonyl (C=O) groups is 2. The summed E-state index contributed by atoms with van der Waals surface area (Å²) in [5.74, 6) is -2.74. The van der Waals surface area contributed by atoms with Crippen LogP contribution in [0.25, 0.3) is 10.4 Å². The quantitative estimate of drug-likeness (QED) is 0.465. The van der Waals surface area contributed by atoms with E-state index in [0.717, 1.165) is 15.6 Å². The van der Waals surface area contributed by atoms with E-state index in [2.05, 4.69) is 4.98 Å². The van der Waals surface area contributed by atoms with Crippen LogP contribution in [0.5, 0.6) is 0 Å². The zero-order valence-corrected chi connectivity index (χ0v) is 18.6. The average molecular weight is 471 g/mol. The topological polar surface area (TPSA) is 153 Å². The van der Waals surface area contributed by atoms with Crippen molar-refractivity contribution >= 4 is 43.6 Å². The zero-order chi connectivity index (χ0) is 22.8. The average Bonchev–Trinajstić information content (AvgIpc) is 3.31. The van der Waals surface area contributed by atoms with Gasteiger partial charge in [-0.3, -0.25) is 9.20 Å². The van der Waals surface area contributed by atoms with Crippen molar-refractivity contribution in [1.29, 1.82) is 0 Å². The molecular formula is C18H22N4O7S2. The van der Waals surface area contributed by atoms with E-state index >= 15 is 0 Å². The molecule has 0 spiro atoms. The molecule has 0 aromatic carbocycles. The Morgan fingerprint density at radius 2 is 2.10 bits per heavy atom. The Balaban J connectivity index is 1.82. The molecule has 3 N–H and O–H groups in total. The number of fused-ring (bicyclic) bond motifs is 2. The molecule has 13 heteroatoms. The fourth-order valence-electron chi connectivity index (χ4n) is 4.38. The number of sulfonamides is 1. The van der Waals surface area contributed by atoms with Gasteiger partial charge >= 0.3 is 5.97 Å². The third-order valence-corrected chi connectivity index (χ3v) is 8.95. The number of imidazole rings is 1. The summed E-state index contributed by atoms with van der Waals surface area (Å²) in [7, 11) is -2.62. The number of nitrogens with zero attached hydrogens (tertiary/aromatic N) is 4. The van der Waals surface area contributed by atoms with Crippen LogP contribution in [0.2, 0.25) is 0 Å². The number of carboxylic acids is 1. The molecule has 0 saturated carbocycles. The molecule has 0 radical (unpaired) electrons. The molecule has 11 nitrogen and oxygen atoms in total. The number of amides is 1. The van der Waals surface area contributed by atoms with Crippen molar-refractivity contribution in [2.75, 3.05) is 20.2 Å². The summed E-state index contributed by atoms with van der Waals surface area (Å²) in [5.41, 5.74) is 0.286. The molecule has 4 heterocycles. The third kappa shape index (κ3) is 3.03. The van der Waals surface area contributed by atoms with Crippen LogP contribution in [-0.4, -0.2) is 86.5 Å². The first-order valence-electron chi connectivity index (χ1n) is 9.55. The molecule has 1 saturated heterocycles. The molecule has 2 aromatic rings. The van der Waals surface area contributed by atoms with Gasteiger partial charge in [0, 0.05) is 31.3 Å². The number of aliphatic carboxylic acids is 1.